The first-order chi connectivity index (χ1) is 10.1. The molecule has 0 atom stereocenters. The first kappa shape index (κ1) is 16.6. The van der Waals surface area contributed by atoms with E-state index in [0.29, 0.717) is 5.56 Å². The fourth-order valence-electron chi connectivity index (χ4n) is 1.50. The Morgan fingerprint density at radius 2 is 2.14 bits per heavy atom. The topological polar surface area (TPSA) is 84.7 Å². The second kappa shape index (κ2) is 8.70. The van der Waals surface area contributed by atoms with Crippen LogP contribution in [0.3, 0.4) is 0 Å². The quantitative estimate of drug-likeness (QED) is 0.869. The number of benzene rings is 1. The van der Waals surface area contributed by atoms with Gasteiger partial charge >= 0.3 is 12.1 Å². The molecule has 1 rings (SSSR count). The molecule has 0 aliphatic carbocycles. The molecular weight excluding hydrogens is 277 g/mol. The lowest BCUT2D eigenvalue weighted by atomic mass is 10.2. The van der Waals surface area contributed by atoms with Gasteiger partial charge in [-0.3, -0.25) is 0 Å². The Balaban J connectivity index is 2.65. The predicted octanol–water partition coefficient (Wildman–Crippen LogP) is 1.92. The molecule has 0 bridgehead atoms. The summed E-state index contributed by atoms with van der Waals surface area (Å²) >= 11 is 0. The Morgan fingerprint density at radius 3 is 2.76 bits per heavy atom. The highest BCUT2D eigenvalue weighted by molar-refractivity contribution is 5.91. The Bertz CT molecular complexity index is 520. The van der Waals surface area contributed by atoms with Gasteiger partial charge in [0.15, 0.2) is 0 Å². The molecule has 3 N–H and O–H groups in total. The van der Waals surface area contributed by atoms with E-state index in [1.807, 2.05) is 0 Å². The number of rotatable bonds is 5. The number of hydrogen-bond donors (Lipinski definition) is 2. The Morgan fingerprint density at radius 1 is 1.43 bits per heavy atom. The molecule has 3 amide bonds. The van der Waals surface area contributed by atoms with Crippen molar-refractivity contribution in [1.82, 2.24) is 10.2 Å². The van der Waals surface area contributed by atoms with Gasteiger partial charge in [-0.1, -0.05) is 18.2 Å². The number of nitrogens with two attached hydrogens (primary N) is 1. The molecule has 0 saturated heterocycles. The van der Waals surface area contributed by atoms with Gasteiger partial charge in [-0.15, -0.1) is 0 Å². The first-order valence-corrected chi connectivity index (χ1v) is 6.46. The molecule has 1 aromatic rings. The van der Waals surface area contributed by atoms with Gasteiger partial charge in [-0.05, 0) is 19.1 Å². The maximum Gasteiger partial charge on any atom is 0.418 e. The van der Waals surface area contributed by atoms with E-state index >= 15 is 0 Å². The lowest BCUT2D eigenvalue weighted by Crippen LogP contribution is -2.44. The van der Waals surface area contributed by atoms with E-state index in [9.17, 15) is 14.0 Å². The normalized spacial score (nSPS) is 10.4. The van der Waals surface area contributed by atoms with Crippen LogP contribution in [0.15, 0.2) is 30.5 Å². The maximum atomic E-state index is 13.4. The number of carbonyl (C=O) groups is 2. The third-order valence-electron chi connectivity index (χ3n) is 2.46. The lowest BCUT2D eigenvalue weighted by Gasteiger charge is -2.18. The number of imide groups is 1. The molecule has 0 fully saturated rings. The molecule has 0 radical (unpaired) electrons. The van der Waals surface area contributed by atoms with E-state index in [2.05, 4.69) is 5.32 Å². The maximum absolute atomic E-state index is 13.4. The van der Waals surface area contributed by atoms with Crippen molar-refractivity contribution in [2.75, 3.05) is 19.7 Å². The molecule has 1 aromatic carbocycles. The number of amides is 3. The molecule has 7 heteroatoms. The molecule has 21 heavy (non-hydrogen) atoms. The molecule has 0 aliphatic heterocycles. The van der Waals surface area contributed by atoms with E-state index < -0.39 is 17.9 Å². The Kier molecular flexibility index (Phi) is 6.90. The summed E-state index contributed by atoms with van der Waals surface area (Å²) in [6.07, 6.45) is 1.86. The molecule has 0 saturated carbocycles. The average molecular weight is 295 g/mol. The highest BCUT2D eigenvalue weighted by Crippen LogP contribution is 2.07. The summed E-state index contributed by atoms with van der Waals surface area (Å²) in [6.45, 7) is 1.92. The zero-order chi connectivity index (χ0) is 15.7. The summed E-state index contributed by atoms with van der Waals surface area (Å²) < 4.78 is 18.1. The summed E-state index contributed by atoms with van der Waals surface area (Å²) in [5.74, 6) is -0.410. The summed E-state index contributed by atoms with van der Waals surface area (Å²) in [5.41, 5.74) is 5.66. The van der Waals surface area contributed by atoms with Crippen LogP contribution in [-0.2, 0) is 4.74 Å². The van der Waals surface area contributed by atoms with Crippen LogP contribution in [0.2, 0.25) is 0 Å². The van der Waals surface area contributed by atoms with Gasteiger partial charge in [0.1, 0.15) is 5.82 Å². The third kappa shape index (κ3) is 5.23. The van der Waals surface area contributed by atoms with Gasteiger partial charge in [-0.2, -0.15) is 0 Å². The smallest absolute Gasteiger partial charge is 0.418 e. The molecule has 0 aromatic heterocycles. The molecule has 6 nitrogen and oxygen atoms in total. The second-order valence-electron chi connectivity index (χ2n) is 3.94. The van der Waals surface area contributed by atoms with Crippen LogP contribution < -0.4 is 11.1 Å². The van der Waals surface area contributed by atoms with E-state index in [4.69, 9.17) is 10.5 Å². The number of urea groups is 1. The summed E-state index contributed by atoms with van der Waals surface area (Å²) in [7, 11) is 0. The van der Waals surface area contributed by atoms with Crippen molar-refractivity contribution in [1.29, 1.82) is 0 Å². The minimum Gasteiger partial charge on any atom is -0.449 e. The fraction of sp³-hybridized carbons (Fsp3) is 0.286. The highest BCUT2D eigenvalue weighted by atomic mass is 19.1. The van der Waals surface area contributed by atoms with Crippen molar-refractivity contribution in [3.05, 3.63) is 41.8 Å². The van der Waals surface area contributed by atoms with Gasteiger partial charge in [0.25, 0.3) is 0 Å². The number of carbonyl (C=O) groups excluding carboxylic acids is 2. The minimum absolute atomic E-state index is 0.0260. The van der Waals surface area contributed by atoms with Crippen LogP contribution in [0.5, 0.6) is 0 Å². The van der Waals surface area contributed by atoms with Gasteiger partial charge < -0.3 is 15.8 Å². The van der Waals surface area contributed by atoms with Gasteiger partial charge in [-0.25, -0.2) is 18.9 Å². The first-order valence-electron chi connectivity index (χ1n) is 6.46. The van der Waals surface area contributed by atoms with Crippen LogP contribution in [0.4, 0.5) is 14.0 Å². The largest absolute Gasteiger partial charge is 0.449 e. The van der Waals surface area contributed by atoms with Gasteiger partial charge in [0.05, 0.1) is 6.61 Å². The zero-order valence-corrected chi connectivity index (χ0v) is 11.7. The summed E-state index contributed by atoms with van der Waals surface area (Å²) in [4.78, 5) is 24.2. The predicted molar refractivity (Wildman–Crippen MR) is 76.7 cm³/mol. The molecule has 0 heterocycles. The number of nitrogens with zero attached hydrogens (tertiary/aromatic N) is 1. The lowest BCUT2D eigenvalue weighted by molar-refractivity contribution is 0.116. The van der Waals surface area contributed by atoms with Gasteiger partial charge in [0.2, 0.25) is 0 Å². The minimum atomic E-state index is -0.778. The van der Waals surface area contributed by atoms with Crippen molar-refractivity contribution < 1.29 is 18.7 Å². The van der Waals surface area contributed by atoms with Crippen LogP contribution >= 0.6 is 0 Å². The second-order valence-corrected chi connectivity index (χ2v) is 3.94. The van der Waals surface area contributed by atoms with Crippen molar-refractivity contribution in [2.45, 2.75) is 6.92 Å². The third-order valence-corrected chi connectivity index (χ3v) is 2.46. The zero-order valence-electron chi connectivity index (χ0n) is 11.7. The summed E-state index contributed by atoms with van der Waals surface area (Å²) in [6, 6.07) is 5.41. The van der Waals surface area contributed by atoms with Crippen LogP contribution in [-0.4, -0.2) is 36.7 Å². The molecule has 0 aliphatic rings. The van der Waals surface area contributed by atoms with E-state index in [-0.39, 0.29) is 19.7 Å². The SMILES string of the molecule is CCOC(=O)N(CCN)C(=O)N/C=C/c1ccccc1F. The number of ether oxygens (including phenoxy) is 1. The van der Waals surface area contributed by atoms with Crippen molar-refractivity contribution in [3.8, 4) is 0 Å². The molecule has 0 spiro atoms. The van der Waals surface area contributed by atoms with Crippen LogP contribution in [0, 0.1) is 5.82 Å². The average Bonchev–Trinajstić information content (AvgIpc) is 2.46. The standard InChI is InChI=1S/C14H18FN3O3/c1-2-21-14(20)18(10-8-16)13(19)17-9-7-11-5-3-4-6-12(11)15/h3-7,9H,2,8,10,16H2,1H3,(H,17,19)/b9-7+. The fourth-order valence-corrected chi connectivity index (χ4v) is 1.50. The van der Waals surface area contributed by atoms with Crippen molar-refractivity contribution in [2.24, 2.45) is 5.73 Å². The Labute approximate surface area is 122 Å². The summed E-state index contributed by atoms with van der Waals surface area (Å²) in [5, 5.41) is 2.37. The van der Waals surface area contributed by atoms with Crippen LogP contribution in [0.25, 0.3) is 6.08 Å². The van der Waals surface area contributed by atoms with E-state index in [0.717, 1.165) is 4.90 Å². The van der Waals surface area contributed by atoms with Crippen molar-refractivity contribution in [3.63, 3.8) is 0 Å². The monoisotopic (exact) mass is 295 g/mol. The highest BCUT2D eigenvalue weighted by Gasteiger charge is 2.20. The molecule has 114 valence electrons. The van der Waals surface area contributed by atoms with Crippen molar-refractivity contribution >= 4 is 18.2 Å². The van der Waals surface area contributed by atoms with E-state index in [1.54, 1.807) is 25.1 Å². The Hall–Kier alpha value is -2.41. The van der Waals surface area contributed by atoms with E-state index in [1.165, 1.54) is 18.3 Å². The van der Waals surface area contributed by atoms with Gasteiger partial charge in [0, 0.05) is 24.9 Å². The van der Waals surface area contributed by atoms with Crippen LogP contribution in [0.1, 0.15) is 12.5 Å². The number of nitrogens with one attached hydrogen (secondary N) is 1. The molecule has 0 unspecified atom stereocenters. The number of halogens is 1. The number of hydrogen-bond acceptors (Lipinski definition) is 4. The molecular formula is C14H18FN3O3.